The summed E-state index contributed by atoms with van der Waals surface area (Å²) in [6, 6.07) is 6.82. The second-order valence-electron chi connectivity index (χ2n) is 4.42. The predicted molar refractivity (Wildman–Crippen MR) is 72.2 cm³/mol. The molecule has 0 saturated heterocycles. The Labute approximate surface area is 121 Å². The molecule has 1 aromatic carbocycles. The highest BCUT2D eigenvalue weighted by Crippen LogP contribution is 2.53. The molecule has 0 heterocycles. The van der Waals surface area contributed by atoms with Gasteiger partial charge in [-0.25, -0.2) is 4.79 Å². The van der Waals surface area contributed by atoms with Crippen molar-refractivity contribution in [1.29, 1.82) is 0 Å². The van der Waals surface area contributed by atoms with E-state index < -0.39 is 4.33 Å². The molecule has 4 nitrogen and oxygen atoms in total. The van der Waals surface area contributed by atoms with Crippen molar-refractivity contribution in [2.75, 3.05) is 7.11 Å². The van der Waals surface area contributed by atoms with Crippen molar-refractivity contribution in [2.45, 2.75) is 17.3 Å². The Morgan fingerprint density at radius 2 is 1.95 bits per heavy atom. The van der Waals surface area contributed by atoms with Crippen LogP contribution in [0, 0.1) is 5.92 Å². The Balaban J connectivity index is 1.87. The van der Waals surface area contributed by atoms with Gasteiger partial charge in [0.2, 0.25) is 5.91 Å². The minimum atomic E-state index is -0.904. The lowest BCUT2D eigenvalue weighted by Crippen LogP contribution is -2.26. The van der Waals surface area contributed by atoms with Gasteiger partial charge in [-0.3, -0.25) is 4.79 Å². The molecule has 1 fully saturated rings. The summed E-state index contributed by atoms with van der Waals surface area (Å²) in [5.74, 6) is -0.866. The number of ether oxygens (including phenoxy) is 1. The van der Waals surface area contributed by atoms with Crippen LogP contribution in [-0.4, -0.2) is 23.3 Å². The summed E-state index contributed by atoms with van der Waals surface area (Å²) < 4.78 is 3.70. The number of carbonyl (C=O) groups is 2. The number of hydrogen-bond donors (Lipinski definition) is 1. The average Bonchev–Trinajstić information content (AvgIpc) is 3.05. The van der Waals surface area contributed by atoms with Crippen LogP contribution in [0.2, 0.25) is 0 Å². The molecule has 6 heteroatoms. The maximum Gasteiger partial charge on any atom is 0.337 e. The van der Waals surface area contributed by atoms with Gasteiger partial charge in [-0.1, -0.05) is 12.1 Å². The molecule has 2 rings (SSSR count). The first-order valence-corrected chi connectivity index (χ1v) is 6.52. The van der Waals surface area contributed by atoms with Crippen LogP contribution in [0.4, 0.5) is 0 Å². The predicted octanol–water partition coefficient (Wildman–Crippen LogP) is 2.28. The van der Waals surface area contributed by atoms with Crippen molar-refractivity contribution < 1.29 is 14.3 Å². The van der Waals surface area contributed by atoms with Crippen LogP contribution in [-0.2, 0) is 16.1 Å². The van der Waals surface area contributed by atoms with Crippen molar-refractivity contribution in [3.8, 4) is 0 Å². The van der Waals surface area contributed by atoms with E-state index in [1.807, 2.05) is 0 Å². The molecular formula is C13H13Cl2NO3. The van der Waals surface area contributed by atoms with Crippen LogP contribution in [0.15, 0.2) is 24.3 Å². The smallest absolute Gasteiger partial charge is 0.337 e. The fourth-order valence-electron chi connectivity index (χ4n) is 1.69. The van der Waals surface area contributed by atoms with Gasteiger partial charge in [-0.15, -0.1) is 23.2 Å². The fourth-order valence-corrected chi connectivity index (χ4v) is 2.19. The average molecular weight is 302 g/mol. The Bertz CT molecular complexity index is 499. The molecule has 1 atom stereocenters. The molecule has 1 amide bonds. The minimum absolute atomic E-state index is 0.151. The summed E-state index contributed by atoms with van der Waals surface area (Å²) >= 11 is 11.6. The van der Waals surface area contributed by atoms with Crippen molar-refractivity contribution in [2.24, 2.45) is 5.92 Å². The Morgan fingerprint density at radius 3 is 2.42 bits per heavy atom. The summed E-state index contributed by atoms with van der Waals surface area (Å²) in [7, 11) is 1.33. The first kappa shape index (κ1) is 14.2. The van der Waals surface area contributed by atoms with Crippen LogP contribution in [0.1, 0.15) is 22.3 Å². The molecule has 0 spiro atoms. The third-order valence-electron chi connectivity index (χ3n) is 2.98. The third kappa shape index (κ3) is 3.39. The standard InChI is InChI=1S/C13H13Cl2NO3/c1-19-12(18)9-4-2-8(3-5-9)7-16-11(17)10-6-13(10,14)15/h2-5,10H,6-7H2,1H3,(H,16,17). The highest BCUT2D eigenvalue weighted by molar-refractivity contribution is 6.52. The lowest BCUT2D eigenvalue weighted by molar-refractivity contribution is -0.122. The van der Waals surface area contributed by atoms with Crippen LogP contribution < -0.4 is 5.32 Å². The van der Waals surface area contributed by atoms with E-state index in [0.29, 0.717) is 18.5 Å². The van der Waals surface area contributed by atoms with E-state index >= 15 is 0 Å². The van der Waals surface area contributed by atoms with Gasteiger partial charge >= 0.3 is 5.97 Å². The zero-order valence-electron chi connectivity index (χ0n) is 10.3. The van der Waals surface area contributed by atoms with Crippen molar-refractivity contribution in [3.63, 3.8) is 0 Å². The van der Waals surface area contributed by atoms with Crippen molar-refractivity contribution in [1.82, 2.24) is 5.32 Å². The zero-order chi connectivity index (χ0) is 14.0. The van der Waals surface area contributed by atoms with E-state index in [1.165, 1.54) is 7.11 Å². The highest BCUT2D eigenvalue weighted by Gasteiger charge is 2.56. The van der Waals surface area contributed by atoms with Gasteiger partial charge in [-0.05, 0) is 24.1 Å². The summed E-state index contributed by atoms with van der Waals surface area (Å²) in [4.78, 5) is 22.9. The summed E-state index contributed by atoms with van der Waals surface area (Å²) in [5.41, 5.74) is 1.36. The first-order chi connectivity index (χ1) is 8.94. The number of carbonyl (C=O) groups excluding carboxylic acids is 2. The summed E-state index contributed by atoms with van der Waals surface area (Å²) in [5, 5.41) is 2.76. The molecule has 1 N–H and O–H groups in total. The number of esters is 1. The number of amides is 1. The van der Waals surface area contributed by atoms with E-state index in [-0.39, 0.29) is 17.8 Å². The Kier molecular flexibility index (Phi) is 4.02. The molecule has 102 valence electrons. The van der Waals surface area contributed by atoms with E-state index in [1.54, 1.807) is 24.3 Å². The molecule has 1 unspecified atom stereocenters. The quantitative estimate of drug-likeness (QED) is 0.686. The van der Waals surface area contributed by atoms with Crippen LogP contribution in [0.25, 0.3) is 0 Å². The Morgan fingerprint density at radius 1 is 1.37 bits per heavy atom. The fraction of sp³-hybridized carbons (Fsp3) is 0.385. The Hall–Kier alpha value is -1.26. The molecule has 0 bridgehead atoms. The van der Waals surface area contributed by atoms with Gasteiger partial charge in [0.25, 0.3) is 0 Å². The number of benzene rings is 1. The normalized spacial score (nSPS) is 19.6. The molecule has 1 saturated carbocycles. The minimum Gasteiger partial charge on any atom is -0.465 e. The topological polar surface area (TPSA) is 55.4 Å². The third-order valence-corrected chi connectivity index (χ3v) is 3.82. The second kappa shape index (κ2) is 5.39. The molecule has 0 radical (unpaired) electrons. The molecule has 1 aromatic rings. The zero-order valence-corrected chi connectivity index (χ0v) is 11.8. The summed E-state index contributed by atoms with van der Waals surface area (Å²) in [6.45, 7) is 0.376. The number of halogens is 2. The van der Waals surface area contributed by atoms with Crippen LogP contribution in [0.5, 0.6) is 0 Å². The molecule has 19 heavy (non-hydrogen) atoms. The lowest BCUT2D eigenvalue weighted by Gasteiger charge is -2.06. The molecule has 1 aliphatic rings. The number of rotatable bonds is 4. The largest absolute Gasteiger partial charge is 0.465 e. The van der Waals surface area contributed by atoms with E-state index in [0.717, 1.165) is 5.56 Å². The maximum absolute atomic E-state index is 11.7. The molecule has 1 aliphatic carbocycles. The van der Waals surface area contributed by atoms with Gasteiger partial charge in [0.15, 0.2) is 0 Å². The van der Waals surface area contributed by atoms with Crippen LogP contribution in [0.3, 0.4) is 0 Å². The van der Waals surface area contributed by atoms with Gasteiger partial charge in [0.1, 0.15) is 4.33 Å². The number of alkyl halides is 2. The van der Waals surface area contributed by atoms with E-state index in [9.17, 15) is 9.59 Å². The van der Waals surface area contributed by atoms with Gasteiger partial charge in [-0.2, -0.15) is 0 Å². The maximum atomic E-state index is 11.7. The van der Waals surface area contributed by atoms with Crippen LogP contribution >= 0.6 is 23.2 Å². The van der Waals surface area contributed by atoms with Gasteiger partial charge in [0, 0.05) is 6.54 Å². The molecule has 0 aromatic heterocycles. The SMILES string of the molecule is COC(=O)c1ccc(CNC(=O)C2CC2(Cl)Cl)cc1. The van der Waals surface area contributed by atoms with Gasteiger partial charge < -0.3 is 10.1 Å². The molecule has 0 aliphatic heterocycles. The van der Waals surface area contributed by atoms with Gasteiger partial charge in [0.05, 0.1) is 18.6 Å². The monoisotopic (exact) mass is 301 g/mol. The number of methoxy groups -OCH3 is 1. The van der Waals surface area contributed by atoms with Crippen molar-refractivity contribution in [3.05, 3.63) is 35.4 Å². The lowest BCUT2D eigenvalue weighted by atomic mass is 10.1. The highest BCUT2D eigenvalue weighted by atomic mass is 35.5. The van der Waals surface area contributed by atoms with E-state index in [2.05, 4.69) is 10.1 Å². The number of nitrogens with one attached hydrogen (secondary N) is 1. The molecular weight excluding hydrogens is 289 g/mol. The summed E-state index contributed by atoms with van der Waals surface area (Å²) in [6.07, 6.45) is 0.489. The first-order valence-electron chi connectivity index (χ1n) is 5.77. The second-order valence-corrected chi connectivity index (χ2v) is 5.97. The van der Waals surface area contributed by atoms with Crippen molar-refractivity contribution >= 4 is 35.1 Å². The number of hydrogen-bond acceptors (Lipinski definition) is 3. The van der Waals surface area contributed by atoms with E-state index in [4.69, 9.17) is 23.2 Å².